The Morgan fingerprint density at radius 3 is 2.42 bits per heavy atom. The third-order valence-electron chi connectivity index (χ3n) is 6.17. The Balaban J connectivity index is 0.000000980. The molecule has 4 atom stereocenters. The molecule has 0 aromatic carbocycles. The largest absolute Gasteiger partial charge is 0.338 e. The van der Waals surface area contributed by atoms with E-state index in [1.165, 1.54) is 12.8 Å². The molecule has 2 aromatic heterocycles. The second-order valence-corrected chi connectivity index (χ2v) is 7.81. The summed E-state index contributed by atoms with van der Waals surface area (Å²) < 4.78 is 2.03. The van der Waals surface area contributed by atoms with Crippen molar-refractivity contribution >= 4 is 41.9 Å². The van der Waals surface area contributed by atoms with Gasteiger partial charge in [0.25, 0.3) is 5.91 Å². The van der Waals surface area contributed by atoms with Crippen LogP contribution in [0.1, 0.15) is 43.1 Å². The van der Waals surface area contributed by atoms with Crippen LogP contribution in [0.15, 0.2) is 18.6 Å². The lowest BCUT2D eigenvalue weighted by Crippen LogP contribution is -2.34. The second kappa shape index (κ2) is 6.98. The molecule has 3 saturated heterocycles. The van der Waals surface area contributed by atoms with Gasteiger partial charge in [-0.25, -0.2) is 9.97 Å². The number of pyridine rings is 1. The van der Waals surface area contributed by atoms with Crippen molar-refractivity contribution < 1.29 is 4.79 Å². The number of rotatable bonds is 2. The predicted octanol–water partition coefficient (Wildman–Crippen LogP) is 2.68. The number of amides is 1. The number of halogens is 2. The lowest BCUT2D eigenvalue weighted by atomic mass is 9.82. The highest BCUT2D eigenvalue weighted by atomic mass is 35.5. The lowest BCUT2D eigenvalue weighted by molar-refractivity contribution is 0.0778. The van der Waals surface area contributed by atoms with Gasteiger partial charge in [0.05, 0.1) is 11.9 Å². The van der Waals surface area contributed by atoms with E-state index in [9.17, 15) is 4.79 Å². The second-order valence-electron chi connectivity index (χ2n) is 7.81. The first-order valence-electron chi connectivity index (χ1n) is 8.99. The Morgan fingerprint density at radius 1 is 1.15 bits per heavy atom. The van der Waals surface area contributed by atoms with Crippen LogP contribution in [0.25, 0.3) is 11.2 Å². The number of nitrogens with one attached hydrogen (secondary N) is 1. The minimum atomic E-state index is 0. The van der Waals surface area contributed by atoms with Gasteiger partial charge in [0, 0.05) is 37.4 Å². The summed E-state index contributed by atoms with van der Waals surface area (Å²) in [6.45, 7) is 5.98. The van der Waals surface area contributed by atoms with Crippen LogP contribution in [0.3, 0.4) is 0 Å². The monoisotopic (exact) mass is 397 g/mol. The van der Waals surface area contributed by atoms with Gasteiger partial charge < -0.3 is 14.8 Å². The Kier molecular flexibility index (Phi) is 5.21. The van der Waals surface area contributed by atoms with Crippen molar-refractivity contribution in [3.05, 3.63) is 24.2 Å². The van der Waals surface area contributed by atoms with Crippen LogP contribution in [0.5, 0.6) is 0 Å². The van der Waals surface area contributed by atoms with E-state index in [4.69, 9.17) is 0 Å². The first-order chi connectivity index (χ1) is 11.6. The van der Waals surface area contributed by atoms with E-state index in [1.54, 1.807) is 12.5 Å². The Bertz CT molecular complexity index is 805. The molecule has 0 unspecified atom stereocenters. The average Bonchev–Trinajstić information content (AvgIpc) is 3.31. The number of likely N-dealkylation sites (tertiary alicyclic amines) is 1. The number of carbonyl (C=O) groups is 1. The zero-order chi connectivity index (χ0) is 16.4. The first kappa shape index (κ1) is 19.4. The van der Waals surface area contributed by atoms with Crippen LogP contribution in [-0.2, 0) is 0 Å². The van der Waals surface area contributed by atoms with E-state index in [0.717, 1.165) is 24.3 Å². The lowest BCUT2D eigenvalue weighted by Gasteiger charge is -2.19. The molecule has 5 rings (SSSR count). The molecular formula is C18H25Cl2N5O. The van der Waals surface area contributed by atoms with Crippen LogP contribution in [0.4, 0.5) is 0 Å². The molecule has 142 valence electrons. The van der Waals surface area contributed by atoms with Gasteiger partial charge in [0.1, 0.15) is 5.52 Å². The highest BCUT2D eigenvalue weighted by Gasteiger charge is 2.52. The third kappa shape index (κ3) is 2.79. The number of hydrogen-bond acceptors (Lipinski definition) is 4. The molecule has 2 bridgehead atoms. The van der Waals surface area contributed by atoms with Crippen molar-refractivity contribution in [1.82, 2.24) is 24.8 Å². The maximum absolute atomic E-state index is 12.9. The molecule has 3 aliphatic rings. The van der Waals surface area contributed by atoms with E-state index >= 15 is 0 Å². The summed E-state index contributed by atoms with van der Waals surface area (Å²) in [6, 6.07) is 3.45. The summed E-state index contributed by atoms with van der Waals surface area (Å²) in [5, 5.41) is 3.70. The first-order valence-corrected chi connectivity index (χ1v) is 8.99. The van der Waals surface area contributed by atoms with Crippen LogP contribution in [0, 0.1) is 11.8 Å². The number of aromatic nitrogens is 3. The Morgan fingerprint density at radius 2 is 1.81 bits per heavy atom. The van der Waals surface area contributed by atoms with Gasteiger partial charge in [-0.15, -0.1) is 24.8 Å². The summed E-state index contributed by atoms with van der Waals surface area (Å²) >= 11 is 0. The van der Waals surface area contributed by atoms with E-state index in [0.29, 0.717) is 35.5 Å². The SMILES string of the molecule is CC(C)n1cnc2cc(C(=O)N3C[C@@H]4[C@H](C3)[C@@H]3CC[C@H]4N3)cnc21.Cl.Cl. The van der Waals surface area contributed by atoms with Crippen molar-refractivity contribution in [3.63, 3.8) is 0 Å². The Labute approximate surface area is 165 Å². The van der Waals surface area contributed by atoms with Crippen LogP contribution in [0.2, 0.25) is 0 Å². The molecule has 0 spiro atoms. The zero-order valence-electron chi connectivity index (χ0n) is 15.0. The van der Waals surface area contributed by atoms with Crippen LogP contribution in [-0.4, -0.2) is 50.5 Å². The predicted molar refractivity (Wildman–Crippen MR) is 105 cm³/mol. The standard InChI is InChI=1S/C18H23N5O.2ClH/c1-10(2)23-9-20-16-5-11(6-19-17(16)23)18(24)22-7-12-13(8-22)15-4-3-14(12)21-15;;/h5-6,9-10,12-15,21H,3-4,7-8H2,1-2H3;2*1H/t12-,13+,14-,15+;;. The maximum atomic E-state index is 12.9. The minimum Gasteiger partial charge on any atom is -0.338 e. The minimum absolute atomic E-state index is 0. The highest BCUT2D eigenvalue weighted by molar-refractivity contribution is 5.96. The smallest absolute Gasteiger partial charge is 0.255 e. The molecule has 8 heteroatoms. The van der Waals surface area contributed by atoms with Gasteiger partial charge in [-0.1, -0.05) is 0 Å². The van der Waals surface area contributed by atoms with Gasteiger partial charge in [0.15, 0.2) is 5.65 Å². The van der Waals surface area contributed by atoms with Gasteiger partial charge in [-0.3, -0.25) is 4.79 Å². The molecule has 0 saturated carbocycles. The zero-order valence-corrected chi connectivity index (χ0v) is 16.6. The number of hydrogen-bond donors (Lipinski definition) is 1. The quantitative estimate of drug-likeness (QED) is 0.845. The van der Waals surface area contributed by atoms with Crippen molar-refractivity contribution in [2.75, 3.05) is 13.1 Å². The molecule has 1 amide bonds. The van der Waals surface area contributed by atoms with E-state index in [-0.39, 0.29) is 30.7 Å². The summed E-state index contributed by atoms with van der Waals surface area (Å²) in [4.78, 5) is 23.9. The molecule has 5 heterocycles. The van der Waals surface area contributed by atoms with E-state index in [1.807, 2.05) is 15.5 Å². The molecule has 6 nitrogen and oxygen atoms in total. The highest BCUT2D eigenvalue weighted by Crippen LogP contribution is 2.43. The maximum Gasteiger partial charge on any atom is 0.255 e. The molecule has 26 heavy (non-hydrogen) atoms. The van der Waals surface area contributed by atoms with Gasteiger partial charge in [0.2, 0.25) is 0 Å². The molecular weight excluding hydrogens is 373 g/mol. The van der Waals surface area contributed by atoms with Crippen molar-refractivity contribution in [2.24, 2.45) is 11.8 Å². The van der Waals surface area contributed by atoms with Crippen LogP contribution >= 0.6 is 24.8 Å². The molecule has 2 aromatic rings. The third-order valence-corrected chi connectivity index (χ3v) is 6.17. The fourth-order valence-corrected chi connectivity index (χ4v) is 4.94. The van der Waals surface area contributed by atoms with Crippen molar-refractivity contribution in [1.29, 1.82) is 0 Å². The molecule has 1 N–H and O–H groups in total. The normalized spacial score (nSPS) is 29.0. The number of nitrogens with zero attached hydrogens (tertiary/aromatic N) is 4. The van der Waals surface area contributed by atoms with E-state index < -0.39 is 0 Å². The average molecular weight is 398 g/mol. The topological polar surface area (TPSA) is 63.1 Å². The van der Waals surface area contributed by atoms with Gasteiger partial charge >= 0.3 is 0 Å². The summed E-state index contributed by atoms with van der Waals surface area (Å²) in [7, 11) is 0. The Hall–Kier alpha value is -1.37. The van der Waals surface area contributed by atoms with E-state index in [2.05, 4.69) is 29.1 Å². The summed E-state index contributed by atoms with van der Waals surface area (Å²) in [5.74, 6) is 1.39. The molecule has 0 aliphatic carbocycles. The molecule has 3 fully saturated rings. The van der Waals surface area contributed by atoms with Gasteiger partial charge in [-0.05, 0) is 44.6 Å². The molecule has 0 radical (unpaired) electrons. The fraction of sp³-hybridized carbons (Fsp3) is 0.611. The van der Waals surface area contributed by atoms with Crippen molar-refractivity contribution in [3.8, 4) is 0 Å². The van der Waals surface area contributed by atoms with Crippen molar-refractivity contribution in [2.45, 2.75) is 44.8 Å². The fourth-order valence-electron chi connectivity index (χ4n) is 4.94. The summed E-state index contributed by atoms with van der Waals surface area (Å²) in [6.07, 6.45) is 6.06. The van der Waals surface area contributed by atoms with Gasteiger partial charge in [-0.2, -0.15) is 0 Å². The molecule has 3 aliphatic heterocycles. The number of fused-ring (bicyclic) bond motifs is 6. The van der Waals surface area contributed by atoms with Crippen LogP contribution < -0.4 is 5.32 Å². The number of imidazole rings is 1. The number of carbonyl (C=O) groups excluding carboxylic acids is 1. The summed E-state index contributed by atoms with van der Waals surface area (Å²) in [5.41, 5.74) is 2.31.